The highest BCUT2D eigenvalue weighted by atomic mass is 79.9. The van der Waals surface area contributed by atoms with Crippen LogP contribution >= 0.6 is 27.3 Å². The van der Waals surface area contributed by atoms with Crippen LogP contribution in [-0.4, -0.2) is 48.7 Å². The molecule has 0 unspecified atom stereocenters. The highest BCUT2D eigenvalue weighted by Gasteiger charge is 2.27. The van der Waals surface area contributed by atoms with Crippen molar-refractivity contribution in [3.05, 3.63) is 44.6 Å². The Balaban J connectivity index is 1.39. The van der Waals surface area contributed by atoms with Crippen molar-refractivity contribution in [2.24, 2.45) is 0 Å². The van der Waals surface area contributed by atoms with E-state index in [2.05, 4.69) is 33.0 Å². The smallest absolute Gasteiger partial charge is 0.257 e. The molecule has 0 saturated carbocycles. The van der Waals surface area contributed by atoms with Gasteiger partial charge in [0, 0.05) is 37.6 Å². The molecule has 1 saturated heterocycles. The lowest BCUT2D eigenvalue weighted by atomic mass is 10.1. The Morgan fingerprint density at radius 3 is 2.71 bits per heavy atom. The Labute approximate surface area is 152 Å². The van der Waals surface area contributed by atoms with Gasteiger partial charge >= 0.3 is 0 Å². The van der Waals surface area contributed by atoms with Gasteiger partial charge in [-0.2, -0.15) is 0 Å². The standard InChI is InChI=1S/C17H17BrN2O3S/c18-15-5-4-12(24-15)10-19-6-8-20(9-7-19)17(21)13-2-1-3-14-16(13)23-11-22-14/h1-5H,6-11H2. The molecule has 7 heteroatoms. The molecule has 24 heavy (non-hydrogen) atoms. The first-order valence-corrected chi connectivity index (χ1v) is 9.46. The molecule has 2 aromatic rings. The topological polar surface area (TPSA) is 42.0 Å². The second-order valence-electron chi connectivity index (χ2n) is 5.81. The SMILES string of the molecule is O=C(c1cccc2c1OCO2)N1CCN(Cc2ccc(Br)s2)CC1. The molecule has 0 spiro atoms. The van der Waals surface area contributed by atoms with Crippen molar-refractivity contribution >= 4 is 33.2 Å². The molecule has 5 nitrogen and oxygen atoms in total. The highest BCUT2D eigenvalue weighted by Crippen LogP contribution is 2.36. The van der Waals surface area contributed by atoms with Gasteiger partial charge < -0.3 is 14.4 Å². The van der Waals surface area contributed by atoms with Crippen LogP contribution in [0.3, 0.4) is 0 Å². The normalized spacial score (nSPS) is 17.3. The number of carbonyl (C=O) groups is 1. The number of piperazine rings is 1. The summed E-state index contributed by atoms with van der Waals surface area (Å²) in [6, 6.07) is 9.71. The predicted octanol–water partition coefficient (Wildman–Crippen LogP) is 3.20. The number of thiophene rings is 1. The molecule has 2 aliphatic heterocycles. The summed E-state index contributed by atoms with van der Waals surface area (Å²) in [5.74, 6) is 1.26. The molecule has 0 bridgehead atoms. The fraction of sp³-hybridized carbons (Fsp3) is 0.353. The van der Waals surface area contributed by atoms with Gasteiger partial charge in [-0.25, -0.2) is 0 Å². The Bertz CT molecular complexity index is 756. The summed E-state index contributed by atoms with van der Waals surface area (Å²) in [6.07, 6.45) is 0. The molecule has 126 valence electrons. The number of fused-ring (bicyclic) bond motifs is 1. The molecule has 1 aromatic heterocycles. The van der Waals surface area contributed by atoms with E-state index in [0.717, 1.165) is 36.5 Å². The van der Waals surface area contributed by atoms with Crippen molar-refractivity contribution in [2.75, 3.05) is 33.0 Å². The van der Waals surface area contributed by atoms with E-state index in [4.69, 9.17) is 9.47 Å². The van der Waals surface area contributed by atoms with Crippen LogP contribution in [0, 0.1) is 0 Å². The van der Waals surface area contributed by atoms with E-state index >= 15 is 0 Å². The lowest BCUT2D eigenvalue weighted by molar-refractivity contribution is 0.0625. The lowest BCUT2D eigenvalue weighted by Crippen LogP contribution is -2.48. The Kier molecular flexibility index (Phi) is 4.47. The van der Waals surface area contributed by atoms with Gasteiger partial charge in [0.1, 0.15) is 0 Å². The van der Waals surface area contributed by atoms with Gasteiger partial charge in [0.25, 0.3) is 5.91 Å². The molecule has 0 radical (unpaired) electrons. The second-order valence-corrected chi connectivity index (χ2v) is 8.36. The Morgan fingerprint density at radius 1 is 1.12 bits per heavy atom. The molecule has 0 atom stereocenters. The maximum atomic E-state index is 12.8. The minimum atomic E-state index is 0.0240. The summed E-state index contributed by atoms with van der Waals surface area (Å²) in [7, 11) is 0. The van der Waals surface area contributed by atoms with Crippen molar-refractivity contribution in [1.82, 2.24) is 9.80 Å². The monoisotopic (exact) mass is 408 g/mol. The molecule has 0 aliphatic carbocycles. The second kappa shape index (κ2) is 6.74. The van der Waals surface area contributed by atoms with E-state index in [1.807, 2.05) is 23.1 Å². The van der Waals surface area contributed by atoms with E-state index in [9.17, 15) is 4.79 Å². The number of ether oxygens (including phenoxy) is 2. The zero-order valence-corrected chi connectivity index (χ0v) is 15.4. The van der Waals surface area contributed by atoms with Crippen LogP contribution < -0.4 is 9.47 Å². The third kappa shape index (κ3) is 3.16. The van der Waals surface area contributed by atoms with E-state index in [0.29, 0.717) is 17.1 Å². The van der Waals surface area contributed by atoms with Crippen molar-refractivity contribution < 1.29 is 14.3 Å². The van der Waals surface area contributed by atoms with Crippen LogP contribution in [0.1, 0.15) is 15.2 Å². The quantitative estimate of drug-likeness (QED) is 0.781. The molecule has 2 aliphatic rings. The summed E-state index contributed by atoms with van der Waals surface area (Å²) in [6.45, 7) is 4.35. The third-order valence-corrected chi connectivity index (χ3v) is 5.90. The van der Waals surface area contributed by atoms with Gasteiger partial charge in [0.15, 0.2) is 11.5 Å². The van der Waals surface area contributed by atoms with Crippen LogP contribution in [-0.2, 0) is 6.54 Å². The van der Waals surface area contributed by atoms with Crippen LogP contribution in [0.15, 0.2) is 34.1 Å². The fourth-order valence-electron chi connectivity index (χ4n) is 3.04. The van der Waals surface area contributed by atoms with E-state index in [1.54, 1.807) is 11.3 Å². The zero-order valence-electron chi connectivity index (χ0n) is 13.0. The van der Waals surface area contributed by atoms with Gasteiger partial charge in [-0.3, -0.25) is 9.69 Å². The van der Waals surface area contributed by atoms with Gasteiger partial charge in [0.2, 0.25) is 6.79 Å². The first kappa shape index (κ1) is 15.9. The van der Waals surface area contributed by atoms with Crippen molar-refractivity contribution in [1.29, 1.82) is 0 Å². The minimum absolute atomic E-state index is 0.0240. The van der Waals surface area contributed by atoms with Crippen LogP contribution in [0.25, 0.3) is 0 Å². The Morgan fingerprint density at radius 2 is 1.96 bits per heavy atom. The molecule has 1 amide bonds. The summed E-state index contributed by atoms with van der Waals surface area (Å²) < 4.78 is 12.0. The number of benzene rings is 1. The maximum Gasteiger partial charge on any atom is 0.257 e. The van der Waals surface area contributed by atoms with Crippen molar-refractivity contribution in [3.63, 3.8) is 0 Å². The van der Waals surface area contributed by atoms with Crippen molar-refractivity contribution in [2.45, 2.75) is 6.54 Å². The fourth-order valence-corrected chi connectivity index (χ4v) is 4.56. The highest BCUT2D eigenvalue weighted by molar-refractivity contribution is 9.11. The number of hydrogen-bond donors (Lipinski definition) is 0. The predicted molar refractivity (Wildman–Crippen MR) is 95.8 cm³/mol. The molecule has 4 rings (SSSR count). The number of nitrogens with zero attached hydrogens (tertiary/aromatic N) is 2. The number of hydrogen-bond acceptors (Lipinski definition) is 5. The maximum absolute atomic E-state index is 12.8. The van der Waals surface area contributed by atoms with Crippen molar-refractivity contribution in [3.8, 4) is 11.5 Å². The van der Waals surface area contributed by atoms with E-state index < -0.39 is 0 Å². The first-order valence-electron chi connectivity index (χ1n) is 7.85. The number of para-hydroxylation sites is 1. The molecular weight excluding hydrogens is 392 g/mol. The van der Waals surface area contributed by atoms with Gasteiger partial charge in [-0.15, -0.1) is 11.3 Å². The molecule has 1 fully saturated rings. The van der Waals surface area contributed by atoms with E-state index in [-0.39, 0.29) is 12.7 Å². The summed E-state index contributed by atoms with van der Waals surface area (Å²) in [4.78, 5) is 18.4. The average molecular weight is 409 g/mol. The first-order chi connectivity index (χ1) is 11.7. The third-order valence-electron chi connectivity index (χ3n) is 4.29. The summed E-state index contributed by atoms with van der Waals surface area (Å²) in [5, 5.41) is 0. The van der Waals surface area contributed by atoms with Crippen LogP contribution in [0.2, 0.25) is 0 Å². The zero-order chi connectivity index (χ0) is 16.5. The lowest BCUT2D eigenvalue weighted by Gasteiger charge is -2.34. The van der Waals surface area contributed by atoms with Gasteiger partial charge in [0.05, 0.1) is 9.35 Å². The molecule has 0 N–H and O–H groups in total. The van der Waals surface area contributed by atoms with Crippen LogP contribution in [0.4, 0.5) is 0 Å². The van der Waals surface area contributed by atoms with E-state index in [1.165, 1.54) is 4.88 Å². The summed E-state index contributed by atoms with van der Waals surface area (Å²) in [5.41, 5.74) is 0.598. The average Bonchev–Trinajstić information content (AvgIpc) is 3.23. The number of halogens is 1. The largest absolute Gasteiger partial charge is 0.454 e. The summed E-state index contributed by atoms with van der Waals surface area (Å²) >= 11 is 5.26. The number of rotatable bonds is 3. The number of carbonyl (C=O) groups excluding carboxylic acids is 1. The Hall–Kier alpha value is -1.57. The molecule has 1 aromatic carbocycles. The molecule has 3 heterocycles. The number of amides is 1. The molecular formula is C17H17BrN2O3S. The van der Waals surface area contributed by atoms with Crippen LogP contribution in [0.5, 0.6) is 11.5 Å². The van der Waals surface area contributed by atoms with Gasteiger partial charge in [-0.05, 0) is 40.2 Å². The van der Waals surface area contributed by atoms with Gasteiger partial charge in [-0.1, -0.05) is 6.07 Å². The minimum Gasteiger partial charge on any atom is -0.454 e.